The first-order chi connectivity index (χ1) is 52.1. The first-order valence-corrected chi connectivity index (χ1v) is 43.1. The number of ketones is 2. The van der Waals surface area contributed by atoms with Gasteiger partial charge in [0.25, 0.3) is 0 Å². The summed E-state index contributed by atoms with van der Waals surface area (Å²) in [4.78, 5) is 128. The van der Waals surface area contributed by atoms with Crippen LogP contribution in [-0.4, -0.2) is 125 Å². The molecular weight excluding hydrogens is 1460 g/mol. The van der Waals surface area contributed by atoms with Crippen LogP contribution in [0.3, 0.4) is 0 Å². The van der Waals surface area contributed by atoms with Crippen molar-refractivity contribution >= 4 is 70.8 Å². The fraction of sp³-hybridized carbons (Fsp3) is 0.767. The number of carbonyl (C=O) groups excluding carboxylic acids is 6. The van der Waals surface area contributed by atoms with Gasteiger partial charge >= 0.3 is 36.1 Å². The van der Waals surface area contributed by atoms with E-state index in [-0.39, 0.29) is 116 Å². The number of ether oxygens (including phenoxy) is 4. The number of aromatic nitrogens is 4. The zero-order valence-electron chi connectivity index (χ0n) is 69.6. The fourth-order valence-electron chi connectivity index (χ4n) is 28.4. The number of fused-ring (bicyclic) bond motifs is 14. The third-order valence-electron chi connectivity index (χ3n) is 34.9. The predicted octanol–water partition coefficient (Wildman–Crippen LogP) is 18.5. The average Bonchev–Trinajstić information content (AvgIpc) is 1.19. The Kier molecular flexibility index (Phi) is 19.3. The van der Waals surface area contributed by atoms with Gasteiger partial charge in [-0.25, -0.2) is 29.5 Å². The van der Waals surface area contributed by atoms with Gasteiger partial charge in [-0.2, -0.15) is 0 Å². The van der Waals surface area contributed by atoms with Gasteiger partial charge in [-0.05, 0) is 259 Å². The quantitative estimate of drug-likeness (QED) is 0.0898. The van der Waals surface area contributed by atoms with E-state index in [0.29, 0.717) is 71.8 Å². The summed E-state index contributed by atoms with van der Waals surface area (Å²) in [5.41, 5.74) is -0.998. The average molecular weight is 1580 g/mol. The number of cyclic esters (lactones) is 2. The van der Waals surface area contributed by atoms with Crippen LogP contribution in [0, 0.1) is 119 Å². The van der Waals surface area contributed by atoms with Crippen LogP contribution in [0.2, 0.25) is 10.0 Å². The molecule has 2 aliphatic heterocycles. The van der Waals surface area contributed by atoms with Gasteiger partial charge < -0.3 is 29.2 Å². The van der Waals surface area contributed by atoms with E-state index in [4.69, 9.17) is 49.1 Å². The van der Waals surface area contributed by atoms with Gasteiger partial charge in [0.05, 0.1) is 53.7 Å². The molecule has 20 nitrogen and oxygen atoms in total. The SMILES string of the molecule is CC(C)C1=C2[C@H]3CC[C@@H]4[C@@]5(C)CC[C@H](OC(=O)CC(C)(C)C(=O)O)C(C)(C)[C@@H]5CC[C@@]4(C)[C@]3(C)CC[C@@]2([C@@H]2CN(C3(c4ncc(Cl)cn4)CC3)C(=O)O2)CC1=O.[CH2+][C@]1(C)[C@@H](OC(=O)CC(C)(C)C(=O)O)CC[C@]2(C)[C@H]3CC[C@@H]4C5=C(C(C)C)C(=O)C[C@]5([C@H]5CN(C6(c7ncc(Cl)cn7)CC6)C(=O)O5)CC[C@@]4(C)[C@]3(C)CC[C@@H]12. The molecule has 10 saturated carbocycles. The number of nitrogens with zero attached hydrogens (tertiary/aromatic N) is 6. The normalized spacial score (nSPS) is 40.5. The molecule has 2 aromatic heterocycles. The molecule has 0 bridgehead atoms. The number of halogens is 2. The smallest absolute Gasteiger partial charge is 0.411 e. The van der Waals surface area contributed by atoms with Gasteiger partial charge in [-0.1, -0.05) is 106 Å². The number of amides is 2. The molecule has 0 unspecified atom stereocenters. The first-order valence-electron chi connectivity index (χ1n) is 42.3. The lowest BCUT2D eigenvalue weighted by molar-refractivity contribution is -0.234. The number of carboxylic acids is 2. The minimum absolute atomic E-state index is 0.0124. The minimum Gasteiger partial charge on any atom is -0.481 e. The summed E-state index contributed by atoms with van der Waals surface area (Å²) in [6.07, 6.45) is 22.7. The van der Waals surface area contributed by atoms with Crippen molar-refractivity contribution in [3.63, 3.8) is 0 Å². The zero-order chi connectivity index (χ0) is 81.2. The number of hydrogen-bond acceptors (Lipinski definition) is 16. The molecule has 19 atom stereocenters. The Morgan fingerprint density at radius 2 is 0.866 bits per heavy atom. The molecule has 2 N–H and O–H groups in total. The highest BCUT2D eigenvalue weighted by Crippen LogP contribution is 2.80. The first kappa shape index (κ1) is 81.0. The lowest BCUT2D eigenvalue weighted by atomic mass is 9.33. The van der Waals surface area contributed by atoms with Crippen LogP contribution in [0.15, 0.2) is 47.1 Å². The second kappa shape index (κ2) is 26.7. The third kappa shape index (κ3) is 11.7. The minimum atomic E-state index is -1.20. The Bertz CT molecular complexity index is 4040. The van der Waals surface area contributed by atoms with Crippen LogP contribution >= 0.6 is 23.2 Å². The van der Waals surface area contributed by atoms with Crippen molar-refractivity contribution in [2.75, 3.05) is 13.1 Å². The van der Waals surface area contributed by atoms with Gasteiger partial charge in [0, 0.05) is 59.8 Å². The van der Waals surface area contributed by atoms with Crippen molar-refractivity contribution in [3.8, 4) is 0 Å². The highest BCUT2D eigenvalue weighted by atomic mass is 35.5. The Labute approximate surface area is 672 Å². The van der Waals surface area contributed by atoms with E-state index in [1.807, 2.05) is 9.80 Å². The van der Waals surface area contributed by atoms with E-state index in [2.05, 4.69) is 110 Å². The van der Waals surface area contributed by atoms with E-state index in [9.17, 15) is 48.6 Å². The van der Waals surface area contributed by atoms with Crippen molar-refractivity contribution in [1.29, 1.82) is 0 Å². The van der Waals surface area contributed by atoms with Gasteiger partial charge in [0.1, 0.15) is 40.9 Å². The van der Waals surface area contributed by atoms with Gasteiger partial charge in [0.2, 0.25) is 0 Å². The van der Waals surface area contributed by atoms with Crippen LogP contribution in [-0.2, 0) is 58.8 Å². The molecule has 12 aliphatic carbocycles. The lowest BCUT2D eigenvalue weighted by Crippen LogP contribution is -2.66. The van der Waals surface area contributed by atoms with Crippen molar-refractivity contribution in [2.45, 2.75) is 307 Å². The fourth-order valence-corrected chi connectivity index (χ4v) is 28.6. The maximum Gasteiger partial charge on any atom is 0.411 e. The second-order valence-corrected chi connectivity index (χ2v) is 43.2. The van der Waals surface area contributed by atoms with E-state index < -0.39 is 74.2 Å². The summed E-state index contributed by atoms with van der Waals surface area (Å²) >= 11 is 12.3. The molecule has 14 aliphatic rings. The highest BCUT2D eigenvalue weighted by molar-refractivity contribution is 6.30. The molecule has 16 rings (SSSR count). The Morgan fingerprint density at radius 3 is 1.24 bits per heavy atom. The summed E-state index contributed by atoms with van der Waals surface area (Å²) in [5, 5.41) is 20.2. The number of rotatable bonds is 16. The van der Waals surface area contributed by atoms with E-state index >= 15 is 0 Å². The Hall–Kier alpha value is -6.15. The van der Waals surface area contributed by atoms with Crippen molar-refractivity contribution in [2.24, 2.45) is 112 Å². The molecule has 0 spiro atoms. The van der Waals surface area contributed by atoms with Crippen LogP contribution in [0.1, 0.15) is 283 Å². The van der Waals surface area contributed by atoms with Gasteiger partial charge in [-0.3, -0.25) is 38.6 Å². The van der Waals surface area contributed by atoms with E-state index in [1.165, 1.54) is 11.1 Å². The predicted molar refractivity (Wildman–Crippen MR) is 420 cm³/mol. The summed E-state index contributed by atoms with van der Waals surface area (Å²) in [7, 11) is 0. The monoisotopic (exact) mass is 1580 g/mol. The summed E-state index contributed by atoms with van der Waals surface area (Å²) in [6, 6.07) is 0. The van der Waals surface area contributed by atoms with Crippen LogP contribution in [0.4, 0.5) is 9.59 Å². The third-order valence-corrected chi connectivity index (χ3v) is 35.3. The molecule has 4 heterocycles. The number of carbonyl (C=O) groups is 8. The van der Waals surface area contributed by atoms with Crippen LogP contribution < -0.4 is 0 Å². The maximum absolute atomic E-state index is 14.3. The molecule has 2 saturated heterocycles. The second-order valence-electron chi connectivity index (χ2n) is 42.3. The largest absolute Gasteiger partial charge is 0.481 e. The lowest BCUT2D eigenvalue weighted by Gasteiger charge is -2.72. The summed E-state index contributed by atoms with van der Waals surface area (Å²) < 4.78 is 25.2. The standard InChI is InChI=1S/C45H62ClN3O7.C45H60ClN3O7/c2*1-25(2)34-28(50)20-44(32-24-49(38(54)56-32)45(18-19-45)36-47-22-26(46)23-48-36)17-16-42(8)27(35(34)44)10-11-30-41(7)14-13-31(55-33(51)21-39(3,4)37(52)53)40(5,6)29(41)12-15-43(30,42)9/h22-23,25,27,29-32H,10-21,24H2,1-9H3,(H,52,53);22-23,25,27,29-32H,5,10-21,24H2,1-4,6-9H3/p+1/t27-,29+,30-,31+,32+,41+,42-,43-,44+;27-,29+,30-,31+,32-,40-,41+,42-,43-,44+/m11/s1. The van der Waals surface area contributed by atoms with E-state index in [0.717, 1.165) is 133 Å². The molecule has 0 radical (unpaired) electrons. The topological polar surface area (TPSA) is 272 Å². The number of carboxylic acid groups (broad SMARTS) is 2. The summed E-state index contributed by atoms with van der Waals surface area (Å²) in [6.45, 7) is 42.3. The molecule has 12 fully saturated rings. The molecule has 0 aromatic carbocycles. The van der Waals surface area contributed by atoms with Crippen molar-refractivity contribution < 1.29 is 67.5 Å². The van der Waals surface area contributed by atoms with Crippen molar-refractivity contribution in [3.05, 3.63) is 75.7 Å². The highest BCUT2D eigenvalue weighted by Gasteiger charge is 2.76. The Balaban J connectivity index is 0.000000177. The van der Waals surface area contributed by atoms with Gasteiger partial charge in [0.15, 0.2) is 23.2 Å². The van der Waals surface area contributed by atoms with Gasteiger partial charge in [-0.15, -0.1) is 0 Å². The van der Waals surface area contributed by atoms with Crippen LogP contribution in [0.25, 0.3) is 0 Å². The Morgan fingerprint density at radius 1 is 0.500 bits per heavy atom. The molecular formula is C90H123Cl2N6O14+. The molecule has 610 valence electrons. The number of Topliss-reactive ketones (excluding diaryl/α,β-unsaturated/α-hetero) is 2. The molecule has 112 heavy (non-hydrogen) atoms. The number of hydrogen-bond donors (Lipinski definition) is 2. The number of esters is 2. The molecule has 2 amide bonds. The number of aliphatic carboxylic acids is 2. The summed E-state index contributed by atoms with van der Waals surface area (Å²) in [5.74, 6) is 0.722. The molecule has 2 aromatic rings. The van der Waals surface area contributed by atoms with Crippen LogP contribution in [0.5, 0.6) is 0 Å². The molecule has 22 heteroatoms. The van der Waals surface area contributed by atoms with Crippen molar-refractivity contribution in [1.82, 2.24) is 29.7 Å². The zero-order valence-corrected chi connectivity index (χ0v) is 71.1. The number of allylic oxidation sites excluding steroid dienone is 2. The van der Waals surface area contributed by atoms with E-state index in [1.54, 1.807) is 52.5 Å². The maximum atomic E-state index is 14.3.